The predicted molar refractivity (Wildman–Crippen MR) is 130 cm³/mol. The third kappa shape index (κ3) is 5.67. The number of amides is 1. The number of hydrogen-bond donors (Lipinski definition) is 1. The lowest BCUT2D eigenvalue weighted by molar-refractivity contribution is -0.114. The number of benzene rings is 3. The van der Waals surface area contributed by atoms with Crippen molar-refractivity contribution in [2.45, 2.75) is 11.8 Å². The maximum Gasteiger partial charge on any atom is 0.337 e. The molecule has 34 heavy (non-hydrogen) atoms. The molecule has 0 unspecified atom stereocenters. The van der Waals surface area contributed by atoms with E-state index >= 15 is 0 Å². The van der Waals surface area contributed by atoms with Gasteiger partial charge in [-0.05, 0) is 61.5 Å². The monoisotopic (exact) mass is 502 g/mol. The molecular weight excluding hydrogens is 480 g/mol. The van der Waals surface area contributed by atoms with Gasteiger partial charge in [-0.15, -0.1) is 0 Å². The Morgan fingerprint density at radius 2 is 1.62 bits per heavy atom. The molecule has 8 nitrogen and oxygen atoms in total. The van der Waals surface area contributed by atoms with Gasteiger partial charge in [0.15, 0.2) is 0 Å². The van der Waals surface area contributed by atoms with Crippen molar-refractivity contribution in [3.05, 3.63) is 82.9 Å². The van der Waals surface area contributed by atoms with Gasteiger partial charge in [0.25, 0.3) is 10.0 Å². The number of nitrogens with one attached hydrogen (secondary N) is 1. The number of carbonyl (C=O) groups is 2. The highest BCUT2D eigenvalue weighted by molar-refractivity contribution is 7.92. The highest BCUT2D eigenvalue weighted by atomic mass is 35.5. The van der Waals surface area contributed by atoms with Crippen molar-refractivity contribution in [2.24, 2.45) is 0 Å². The van der Waals surface area contributed by atoms with E-state index in [2.05, 4.69) is 10.1 Å². The van der Waals surface area contributed by atoms with Crippen molar-refractivity contribution >= 4 is 44.9 Å². The molecule has 0 spiro atoms. The van der Waals surface area contributed by atoms with E-state index in [9.17, 15) is 18.0 Å². The van der Waals surface area contributed by atoms with Crippen LogP contribution in [0.4, 0.5) is 11.4 Å². The fraction of sp³-hybridized carbons (Fsp3) is 0.167. The van der Waals surface area contributed by atoms with Crippen molar-refractivity contribution < 1.29 is 27.5 Å². The average Bonchev–Trinajstić information content (AvgIpc) is 2.82. The van der Waals surface area contributed by atoms with Crippen LogP contribution in [0.5, 0.6) is 5.75 Å². The molecule has 0 saturated heterocycles. The van der Waals surface area contributed by atoms with Crippen LogP contribution < -0.4 is 14.4 Å². The number of hydrogen-bond acceptors (Lipinski definition) is 6. The molecule has 0 fully saturated rings. The first-order chi connectivity index (χ1) is 16.1. The molecule has 0 aliphatic carbocycles. The topological polar surface area (TPSA) is 102 Å². The maximum atomic E-state index is 13.6. The molecule has 1 N–H and O–H groups in total. The van der Waals surface area contributed by atoms with Crippen LogP contribution in [0, 0.1) is 6.92 Å². The Hall–Kier alpha value is -3.56. The fourth-order valence-electron chi connectivity index (χ4n) is 3.13. The predicted octanol–water partition coefficient (Wildman–Crippen LogP) is 4.28. The van der Waals surface area contributed by atoms with Crippen LogP contribution in [-0.4, -0.2) is 41.1 Å². The molecule has 1 amide bonds. The number of rotatable bonds is 8. The Morgan fingerprint density at radius 3 is 2.21 bits per heavy atom. The number of ether oxygens (including phenoxy) is 2. The molecule has 178 valence electrons. The van der Waals surface area contributed by atoms with Crippen LogP contribution in [0.15, 0.2) is 71.6 Å². The summed E-state index contributed by atoms with van der Waals surface area (Å²) >= 11 is 6.14. The van der Waals surface area contributed by atoms with Crippen LogP contribution in [0.3, 0.4) is 0 Å². The first-order valence-electron chi connectivity index (χ1n) is 10.1. The summed E-state index contributed by atoms with van der Waals surface area (Å²) < 4.78 is 38.1. The summed E-state index contributed by atoms with van der Waals surface area (Å²) in [4.78, 5) is 24.5. The number of methoxy groups -OCH3 is 2. The van der Waals surface area contributed by atoms with E-state index in [0.717, 1.165) is 9.87 Å². The minimum Gasteiger partial charge on any atom is -0.495 e. The van der Waals surface area contributed by atoms with Gasteiger partial charge < -0.3 is 14.8 Å². The van der Waals surface area contributed by atoms with Gasteiger partial charge in [0, 0.05) is 10.7 Å². The van der Waals surface area contributed by atoms with Gasteiger partial charge in [-0.3, -0.25) is 9.10 Å². The Kier molecular flexibility index (Phi) is 7.80. The first-order valence-corrected chi connectivity index (χ1v) is 11.9. The minimum atomic E-state index is -4.16. The molecule has 0 radical (unpaired) electrons. The van der Waals surface area contributed by atoms with E-state index in [-0.39, 0.29) is 21.4 Å². The van der Waals surface area contributed by atoms with E-state index < -0.39 is 28.4 Å². The largest absolute Gasteiger partial charge is 0.495 e. The molecule has 0 aliphatic heterocycles. The van der Waals surface area contributed by atoms with Crippen molar-refractivity contribution in [3.63, 3.8) is 0 Å². The van der Waals surface area contributed by atoms with Crippen LogP contribution in [-0.2, 0) is 19.6 Å². The van der Waals surface area contributed by atoms with E-state index in [0.29, 0.717) is 11.3 Å². The van der Waals surface area contributed by atoms with Crippen molar-refractivity contribution in [1.29, 1.82) is 0 Å². The lowest BCUT2D eigenvalue weighted by atomic mass is 10.2. The van der Waals surface area contributed by atoms with Crippen molar-refractivity contribution in [2.75, 3.05) is 30.4 Å². The van der Waals surface area contributed by atoms with Gasteiger partial charge in [0.1, 0.15) is 12.3 Å². The summed E-state index contributed by atoms with van der Waals surface area (Å²) in [5.74, 6) is -0.889. The highest BCUT2D eigenvalue weighted by Crippen LogP contribution is 2.35. The second-order valence-corrected chi connectivity index (χ2v) is 9.56. The number of nitrogens with zero attached hydrogens (tertiary/aromatic N) is 1. The number of carbonyl (C=O) groups excluding carboxylic acids is 2. The van der Waals surface area contributed by atoms with Crippen molar-refractivity contribution in [3.8, 4) is 5.75 Å². The molecule has 0 atom stereocenters. The Balaban J connectivity index is 1.96. The van der Waals surface area contributed by atoms with Crippen LogP contribution >= 0.6 is 11.6 Å². The second kappa shape index (κ2) is 10.6. The quantitative estimate of drug-likeness (QED) is 0.461. The standard InChI is InChI=1S/C24H23ClN2O6S/c1-16-4-11-20(12-5-16)34(30,31)27(21-14-18(25)8-13-22(21)32-2)15-23(28)26-19-9-6-17(7-10-19)24(29)33-3/h4-14H,15H2,1-3H3,(H,26,28). The zero-order valence-electron chi connectivity index (χ0n) is 18.7. The highest BCUT2D eigenvalue weighted by Gasteiger charge is 2.29. The molecule has 0 bridgehead atoms. The first kappa shape index (κ1) is 25.1. The number of halogens is 1. The maximum absolute atomic E-state index is 13.6. The SMILES string of the molecule is COC(=O)c1ccc(NC(=O)CN(c2cc(Cl)ccc2OC)S(=O)(=O)c2ccc(C)cc2)cc1. The van der Waals surface area contributed by atoms with E-state index in [1.807, 2.05) is 6.92 Å². The van der Waals surface area contributed by atoms with Gasteiger partial charge in [-0.2, -0.15) is 0 Å². The summed E-state index contributed by atoms with van der Waals surface area (Å²) in [7, 11) is -1.49. The van der Waals surface area contributed by atoms with Crippen LogP contribution in [0.2, 0.25) is 5.02 Å². The molecule has 3 rings (SSSR count). The van der Waals surface area contributed by atoms with E-state index in [1.165, 1.54) is 62.8 Å². The number of sulfonamides is 1. The van der Waals surface area contributed by atoms with Crippen LogP contribution in [0.25, 0.3) is 0 Å². The third-order valence-electron chi connectivity index (χ3n) is 4.90. The van der Waals surface area contributed by atoms with E-state index in [1.54, 1.807) is 18.2 Å². The molecule has 0 saturated carbocycles. The lowest BCUT2D eigenvalue weighted by Gasteiger charge is -2.26. The fourth-order valence-corrected chi connectivity index (χ4v) is 4.72. The second-order valence-electron chi connectivity index (χ2n) is 7.26. The zero-order chi connectivity index (χ0) is 24.9. The van der Waals surface area contributed by atoms with Gasteiger partial charge in [-0.25, -0.2) is 13.2 Å². The molecule has 10 heteroatoms. The summed E-state index contributed by atoms with van der Waals surface area (Å²) in [6, 6.07) is 16.8. The minimum absolute atomic E-state index is 0.00959. The van der Waals surface area contributed by atoms with Crippen LogP contribution in [0.1, 0.15) is 15.9 Å². The smallest absolute Gasteiger partial charge is 0.337 e. The normalized spacial score (nSPS) is 10.9. The number of anilines is 2. The number of esters is 1. The molecule has 3 aromatic rings. The Morgan fingerprint density at radius 1 is 0.971 bits per heavy atom. The summed E-state index contributed by atoms with van der Waals surface area (Å²) in [5.41, 5.74) is 1.70. The summed E-state index contributed by atoms with van der Waals surface area (Å²) in [5, 5.41) is 2.92. The molecule has 0 aromatic heterocycles. The van der Waals surface area contributed by atoms with Gasteiger partial charge in [0.05, 0.1) is 30.4 Å². The zero-order valence-corrected chi connectivity index (χ0v) is 20.3. The average molecular weight is 503 g/mol. The molecule has 3 aromatic carbocycles. The van der Waals surface area contributed by atoms with Gasteiger partial charge in [-0.1, -0.05) is 29.3 Å². The Bertz CT molecular complexity index is 1290. The molecular formula is C24H23ClN2O6S. The molecule has 0 heterocycles. The van der Waals surface area contributed by atoms with Gasteiger partial charge >= 0.3 is 5.97 Å². The molecule has 0 aliphatic rings. The lowest BCUT2D eigenvalue weighted by Crippen LogP contribution is -2.38. The summed E-state index contributed by atoms with van der Waals surface area (Å²) in [6.07, 6.45) is 0. The summed E-state index contributed by atoms with van der Waals surface area (Å²) in [6.45, 7) is 1.29. The third-order valence-corrected chi connectivity index (χ3v) is 6.90. The van der Waals surface area contributed by atoms with E-state index in [4.69, 9.17) is 16.3 Å². The Labute approximate surface area is 203 Å². The van der Waals surface area contributed by atoms with Crippen molar-refractivity contribution in [1.82, 2.24) is 0 Å². The van der Waals surface area contributed by atoms with Gasteiger partial charge in [0.2, 0.25) is 5.91 Å². The number of aryl methyl sites for hydroxylation is 1.